The number of nitrogens with two attached hydrogens (primary N) is 1. The molecular formula is C16H18ClN. The van der Waals surface area contributed by atoms with Crippen molar-refractivity contribution in [2.45, 2.75) is 25.8 Å². The van der Waals surface area contributed by atoms with Gasteiger partial charge < -0.3 is 5.73 Å². The molecule has 0 bridgehead atoms. The van der Waals surface area contributed by atoms with E-state index in [0.29, 0.717) is 0 Å². The Hall–Kier alpha value is -1.31. The maximum absolute atomic E-state index is 6.25. The van der Waals surface area contributed by atoms with Crippen LogP contribution in [0.4, 0.5) is 0 Å². The summed E-state index contributed by atoms with van der Waals surface area (Å²) in [6, 6.07) is 16.4. The highest BCUT2D eigenvalue weighted by molar-refractivity contribution is 6.30. The molecule has 1 atom stereocenters. The van der Waals surface area contributed by atoms with Crippen molar-refractivity contribution in [1.29, 1.82) is 0 Å². The van der Waals surface area contributed by atoms with Crippen LogP contribution in [-0.4, -0.2) is 0 Å². The molecule has 0 amide bonds. The smallest absolute Gasteiger partial charge is 0.0409 e. The van der Waals surface area contributed by atoms with Crippen molar-refractivity contribution < 1.29 is 0 Å². The van der Waals surface area contributed by atoms with Gasteiger partial charge in [-0.1, -0.05) is 48.0 Å². The molecule has 18 heavy (non-hydrogen) atoms. The summed E-state index contributed by atoms with van der Waals surface area (Å²) in [5, 5.41) is 0.755. The van der Waals surface area contributed by atoms with Crippen LogP contribution in [0.2, 0.25) is 5.02 Å². The van der Waals surface area contributed by atoms with Crippen LogP contribution < -0.4 is 5.73 Å². The predicted molar refractivity (Wildman–Crippen MR) is 77.9 cm³/mol. The summed E-state index contributed by atoms with van der Waals surface area (Å²) in [5.41, 5.74) is 9.94. The zero-order chi connectivity index (χ0) is 13.0. The van der Waals surface area contributed by atoms with Crippen LogP contribution in [0.3, 0.4) is 0 Å². The molecule has 1 unspecified atom stereocenters. The molecule has 0 aliphatic heterocycles. The molecule has 0 saturated carbocycles. The summed E-state index contributed by atoms with van der Waals surface area (Å²) in [6.07, 6.45) is 1.93. The maximum Gasteiger partial charge on any atom is 0.0409 e. The van der Waals surface area contributed by atoms with E-state index >= 15 is 0 Å². The minimum atomic E-state index is 0.0453. The Morgan fingerprint density at radius 2 is 1.83 bits per heavy atom. The Balaban J connectivity index is 2.03. The van der Waals surface area contributed by atoms with Crippen LogP contribution in [0.25, 0.3) is 0 Å². The SMILES string of the molecule is Cc1ccc(Cl)cc1C(N)CCc1ccccc1. The molecule has 2 N–H and O–H groups in total. The van der Waals surface area contributed by atoms with Crippen molar-refractivity contribution in [1.82, 2.24) is 0 Å². The molecule has 2 rings (SSSR count). The lowest BCUT2D eigenvalue weighted by molar-refractivity contribution is 0.648. The van der Waals surface area contributed by atoms with Crippen molar-refractivity contribution in [2.24, 2.45) is 5.73 Å². The third kappa shape index (κ3) is 3.34. The van der Waals surface area contributed by atoms with Gasteiger partial charge in [-0.05, 0) is 48.6 Å². The molecule has 94 valence electrons. The topological polar surface area (TPSA) is 26.0 Å². The first kappa shape index (κ1) is 13.1. The van der Waals surface area contributed by atoms with Crippen LogP contribution in [0.15, 0.2) is 48.5 Å². The van der Waals surface area contributed by atoms with E-state index in [9.17, 15) is 0 Å². The van der Waals surface area contributed by atoms with E-state index in [1.54, 1.807) is 0 Å². The molecule has 0 spiro atoms. The molecule has 0 saturated heterocycles. The lowest BCUT2D eigenvalue weighted by Gasteiger charge is -2.15. The maximum atomic E-state index is 6.25. The van der Waals surface area contributed by atoms with E-state index in [1.807, 2.05) is 24.3 Å². The van der Waals surface area contributed by atoms with Gasteiger partial charge in [0.15, 0.2) is 0 Å². The zero-order valence-electron chi connectivity index (χ0n) is 10.6. The zero-order valence-corrected chi connectivity index (χ0v) is 11.3. The summed E-state index contributed by atoms with van der Waals surface area (Å²) >= 11 is 6.02. The Labute approximate surface area is 114 Å². The van der Waals surface area contributed by atoms with Crippen LogP contribution in [0.5, 0.6) is 0 Å². The van der Waals surface area contributed by atoms with Crippen molar-refractivity contribution in [3.8, 4) is 0 Å². The van der Waals surface area contributed by atoms with E-state index in [1.165, 1.54) is 11.1 Å². The van der Waals surface area contributed by atoms with Gasteiger partial charge in [0.25, 0.3) is 0 Å². The largest absolute Gasteiger partial charge is 0.324 e. The number of hydrogen-bond acceptors (Lipinski definition) is 1. The molecule has 2 aromatic carbocycles. The fraction of sp³-hybridized carbons (Fsp3) is 0.250. The van der Waals surface area contributed by atoms with Gasteiger partial charge >= 0.3 is 0 Å². The predicted octanol–water partition coefficient (Wildman–Crippen LogP) is 4.28. The Morgan fingerprint density at radius 1 is 1.11 bits per heavy atom. The molecule has 2 heteroatoms. The lowest BCUT2D eigenvalue weighted by atomic mass is 9.96. The molecule has 0 aliphatic carbocycles. The third-order valence-corrected chi connectivity index (χ3v) is 3.46. The number of hydrogen-bond donors (Lipinski definition) is 1. The second kappa shape index (κ2) is 6.03. The number of halogens is 1. The lowest BCUT2D eigenvalue weighted by Crippen LogP contribution is -2.12. The highest BCUT2D eigenvalue weighted by Gasteiger charge is 2.09. The van der Waals surface area contributed by atoms with E-state index in [4.69, 9.17) is 17.3 Å². The summed E-state index contributed by atoms with van der Waals surface area (Å²) in [4.78, 5) is 0. The third-order valence-electron chi connectivity index (χ3n) is 3.23. The highest BCUT2D eigenvalue weighted by Crippen LogP contribution is 2.23. The van der Waals surface area contributed by atoms with Gasteiger partial charge in [0.2, 0.25) is 0 Å². The summed E-state index contributed by atoms with van der Waals surface area (Å²) in [6.45, 7) is 2.08. The van der Waals surface area contributed by atoms with Crippen LogP contribution in [-0.2, 0) is 6.42 Å². The summed E-state index contributed by atoms with van der Waals surface area (Å²) < 4.78 is 0. The standard InChI is InChI=1S/C16H18ClN/c1-12-7-9-14(17)11-15(12)16(18)10-8-13-5-3-2-4-6-13/h2-7,9,11,16H,8,10,18H2,1H3. The van der Waals surface area contributed by atoms with Crippen LogP contribution >= 0.6 is 11.6 Å². The van der Waals surface area contributed by atoms with Gasteiger partial charge in [-0.3, -0.25) is 0 Å². The summed E-state index contributed by atoms with van der Waals surface area (Å²) in [7, 11) is 0. The van der Waals surface area contributed by atoms with Crippen molar-refractivity contribution >= 4 is 11.6 Å². The highest BCUT2D eigenvalue weighted by atomic mass is 35.5. The van der Waals surface area contributed by atoms with Crippen molar-refractivity contribution in [3.05, 3.63) is 70.2 Å². The minimum Gasteiger partial charge on any atom is -0.324 e. The average molecular weight is 260 g/mol. The van der Waals surface area contributed by atoms with Gasteiger partial charge in [0.05, 0.1) is 0 Å². The molecule has 0 radical (unpaired) electrons. The number of aryl methyl sites for hydroxylation is 2. The van der Waals surface area contributed by atoms with E-state index in [-0.39, 0.29) is 6.04 Å². The first-order valence-electron chi connectivity index (χ1n) is 6.22. The normalized spacial score (nSPS) is 12.4. The van der Waals surface area contributed by atoms with Crippen LogP contribution in [0, 0.1) is 6.92 Å². The van der Waals surface area contributed by atoms with Crippen molar-refractivity contribution in [3.63, 3.8) is 0 Å². The first-order chi connectivity index (χ1) is 8.66. The van der Waals surface area contributed by atoms with Crippen molar-refractivity contribution in [2.75, 3.05) is 0 Å². The number of benzene rings is 2. The monoisotopic (exact) mass is 259 g/mol. The van der Waals surface area contributed by atoms with Gasteiger partial charge in [0, 0.05) is 11.1 Å². The quantitative estimate of drug-likeness (QED) is 0.871. The van der Waals surface area contributed by atoms with Crippen LogP contribution in [0.1, 0.15) is 29.2 Å². The Morgan fingerprint density at radius 3 is 2.56 bits per heavy atom. The minimum absolute atomic E-state index is 0.0453. The molecular weight excluding hydrogens is 242 g/mol. The fourth-order valence-electron chi connectivity index (χ4n) is 2.13. The second-order valence-corrected chi connectivity index (χ2v) is 5.07. The summed E-state index contributed by atoms with van der Waals surface area (Å²) in [5.74, 6) is 0. The van der Waals surface area contributed by atoms with E-state index in [2.05, 4.69) is 31.2 Å². The molecule has 0 aromatic heterocycles. The molecule has 0 fully saturated rings. The Kier molecular flexibility index (Phi) is 4.40. The average Bonchev–Trinajstić information content (AvgIpc) is 2.40. The van der Waals surface area contributed by atoms with Gasteiger partial charge in [-0.25, -0.2) is 0 Å². The van der Waals surface area contributed by atoms with E-state index < -0.39 is 0 Å². The second-order valence-electron chi connectivity index (χ2n) is 4.63. The molecule has 2 aromatic rings. The molecule has 0 heterocycles. The Bertz CT molecular complexity index is 508. The molecule has 0 aliphatic rings. The number of rotatable bonds is 4. The fourth-order valence-corrected chi connectivity index (χ4v) is 2.31. The van der Waals surface area contributed by atoms with Gasteiger partial charge in [0.1, 0.15) is 0 Å². The van der Waals surface area contributed by atoms with Gasteiger partial charge in [-0.2, -0.15) is 0 Å². The first-order valence-corrected chi connectivity index (χ1v) is 6.60. The van der Waals surface area contributed by atoms with E-state index in [0.717, 1.165) is 23.4 Å². The molecule has 1 nitrogen and oxygen atoms in total. The van der Waals surface area contributed by atoms with Gasteiger partial charge in [-0.15, -0.1) is 0 Å².